The van der Waals surface area contributed by atoms with E-state index in [0.29, 0.717) is 29.2 Å². The second-order valence-electron chi connectivity index (χ2n) is 9.71. The molecule has 1 aliphatic heterocycles. The molecule has 1 spiro atoms. The smallest absolute Gasteiger partial charge is 0.268 e. The predicted molar refractivity (Wildman–Crippen MR) is 142 cm³/mol. The number of rotatable bonds is 7. The molecule has 2 N–H and O–H groups in total. The van der Waals surface area contributed by atoms with Crippen LogP contribution in [0, 0.1) is 0 Å². The van der Waals surface area contributed by atoms with E-state index in [-0.39, 0.29) is 17.3 Å². The van der Waals surface area contributed by atoms with Crippen LogP contribution >= 0.6 is 0 Å². The minimum absolute atomic E-state index is 0.0707. The van der Waals surface area contributed by atoms with Crippen LogP contribution in [0.3, 0.4) is 0 Å². The van der Waals surface area contributed by atoms with Gasteiger partial charge in [0.05, 0.1) is 26.5 Å². The zero-order valence-corrected chi connectivity index (χ0v) is 21.6. The third-order valence-electron chi connectivity index (χ3n) is 7.24. The van der Waals surface area contributed by atoms with Crippen molar-refractivity contribution in [3.63, 3.8) is 0 Å². The average Bonchev–Trinajstić information content (AvgIpc) is 3.45. The van der Waals surface area contributed by atoms with Crippen molar-refractivity contribution in [3.05, 3.63) is 83.4 Å². The Morgan fingerprint density at radius 1 is 0.974 bits per heavy atom. The summed E-state index contributed by atoms with van der Waals surface area (Å²) in [5, 5.41) is 5.94. The Hall–Kier alpha value is -4.20. The maximum Gasteiger partial charge on any atom is 0.268 e. The van der Waals surface area contributed by atoms with Crippen molar-refractivity contribution < 1.29 is 28.2 Å². The quantitative estimate of drug-likeness (QED) is 0.408. The van der Waals surface area contributed by atoms with Gasteiger partial charge in [0.2, 0.25) is 0 Å². The van der Waals surface area contributed by atoms with Crippen LogP contribution in [0.5, 0.6) is 17.2 Å². The minimum Gasteiger partial charge on any atom is -0.493 e. The van der Waals surface area contributed by atoms with E-state index in [1.54, 1.807) is 30.3 Å². The Labute approximate surface area is 222 Å². The highest BCUT2D eigenvalue weighted by atomic mass is 16.5. The van der Waals surface area contributed by atoms with Crippen LogP contribution in [0.4, 0.5) is 0 Å². The van der Waals surface area contributed by atoms with Crippen molar-refractivity contribution in [2.45, 2.75) is 50.2 Å². The van der Waals surface area contributed by atoms with Gasteiger partial charge in [-0.15, -0.1) is 0 Å². The van der Waals surface area contributed by atoms with Gasteiger partial charge in [-0.05, 0) is 62.1 Å². The highest BCUT2D eigenvalue weighted by Crippen LogP contribution is 2.46. The number of hydrogen-bond donors (Lipinski definition) is 2. The molecule has 2 aromatic carbocycles. The van der Waals surface area contributed by atoms with Gasteiger partial charge in [0.25, 0.3) is 11.8 Å². The lowest BCUT2D eigenvalue weighted by Crippen LogP contribution is -2.47. The van der Waals surface area contributed by atoms with E-state index < -0.39 is 11.8 Å². The summed E-state index contributed by atoms with van der Waals surface area (Å²) in [7, 11) is 3.03. The van der Waals surface area contributed by atoms with Crippen LogP contribution in [0.1, 0.15) is 66.2 Å². The van der Waals surface area contributed by atoms with Gasteiger partial charge in [-0.25, -0.2) is 0 Å². The standard InChI is InChI=1S/C30H32N2O6/c1-35-26-13-12-20(17-27(26)36-2)28(33)31-23(18-21-9-8-16-37-21)29(34)32-24-19-30(14-6-3-7-15-30)38-25-11-5-4-10-22(24)25/h4-5,8-13,16-18,24H,3,6-7,14-15,19H2,1-2H3,(H,31,33)(H,32,34)/b23-18-/t24-/m1/s1. The first-order valence-electron chi connectivity index (χ1n) is 12.9. The molecule has 2 aliphatic rings. The second kappa shape index (κ2) is 11.0. The zero-order valence-electron chi connectivity index (χ0n) is 21.6. The van der Waals surface area contributed by atoms with Gasteiger partial charge in [-0.2, -0.15) is 0 Å². The van der Waals surface area contributed by atoms with Gasteiger partial charge in [0.1, 0.15) is 22.8 Å². The molecule has 1 atom stereocenters. The van der Waals surface area contributed by atoms with E-state index in [4.69, 9.17) is 18.6 Å². The van der Waals surface area contributed by atoms with E-state index >= 15 is 0 Å². The van der Waals surface area contributed by atoms with Crippen molar-refractivity contribution in [1.29, 1.82) is 0 Å². The van der Waals surface area contributed by atoms with Crippen LogP contribution < -0.4 is 24.8 Å². The number of carbonyl (C=O) groups is 2. The summed E-state index contributed by atoms with van der Waals surface area (Å²) in [6, 6.07) is 15.8. The highest BCUT2D eigenvalue weighted by molar-refractivity contribution is 6.05. The number of ether oxygens (including phenoxy) is 3. The summed E-state index contributed by atoms with van der Waals surface area (Å²) in [5.41, 5.74) is 1.03. The third-order valence-corrected chi connectivity index (χ3v) is 7.24. The number of benzene rings is 2. The topological polar surface area (TPSA) is 99.0 Å². The SMILES string of the molecule is COc1ccc(C(=O)N/C(=C\c2ccco2)C(=O)N[C@@H]2CC3(CCCCC3)Oc3ccccc32)cc1OC. The van der Waals surface area contributed by atoms with Crippen LogP contribution in [0.25, 0.3) is 6.08 Å². The molecule has 1 saturated carbocycles. The molecule has 0 saturated heterocycles. The molecular weight excluding hydrogens is 484 g/mol. The van der Waals surface area contributed by atoms with Gasteiger partial charge in [0, 0.05) is 23.6 Å². The molecule has 3 aromatic rings. The first-order valence-corrected chi connectivity index (χ1v) is 12.9. The van der Waals surface area contributed by atoms with E-state index in [0.717, 1.165) is 37.0 Å². The summed E-state index contributed by atoms with van der Waals surface area (Å²) in [4.78, 5) is 26.9. The summed E-state index contributed by atoms with van der Waals surface area (Å²) >= 11 is 0. The van der Waals surface area contributed by atoms with Crippen molar-refractivity contribution in [1.82, 2.24) is 10.6 Å². The molecule has 1 fully saturated rings. The van der Waals surface area contributed by atoms with E-state index in [1.807, 2.05) is 24.3 Å². The molecule has 0 radical (unpaired) electrons. The normalized spacial score (nSPS) is 18.2. The summed E-state index contributed by atoms with van der Waals surface area (Å²) < 4.78 is 22.5. The van der Waals surface area contributed by atoms with Crippen molar-refractivity contribution in [2.24, 2.45) is 0 Å². The Kier molecular flexibility index (Phi) is 7.40. The predicted octanol–water partition coefficient (Wildman–Crippen LogP) is 5.41. The largest absolute Gasteiger partial charge is 0.493 e. The van der Waals surface area contributed by atoms with Gasteiger partial charge in [0.15, 0.2) is 11.5 Å². The monoisotopic (exact) mass is 516 g/mol. The molecule has 5 rings (SSSR count). The van der Waals surface area contributed by atoms with Gasteiger partial charge < -0.3 is 29.3 Å². The Bertz CT molecular complexity index is 1320. The summed E-state index contributed by atoms with van der Waals surface area (Å²) in [6.07, 6.45) is 9.03. The average molecular weight is 517 g/mol. The lowest BCUT2D eigenvalue weighted by molar-refractivity contribution is -0.119. The van der Waals surface area contributed by atoms with Crippen molar-refractivity contribution in [2.75, 3.05) is 14.2 Å². The first-order chi connectivity index (χ1) is 18.5. The molecule has 1 aliphatic carbocycles. The molecule has 2 amide bonds. The third kappa shape index (κ3) is 5.39. The minimum atomic E-state index is -0.463. The Balaban J connectivity index is 1.41. The van der Waals surface area contributed by atoms with E-state index in [9.17, 15) is 9.59 Å². The number of fused-ring (bicyclic) bond motifs is 1. The zero-order chi connectivity index (χ0) is 26.5. The number of hydrogen-bond acceptors (Lipinski definition) is 6. The van der Waals surface area contributed by atoms with Crippen LogP contribution in [-0.2, 0) is 4.79 Å². The maximum atomic E-state index is 13.7. The van der Waals surface area contributed by atoms with Crippen LogP contribution in [0.15, 0.2) is 71.0 Å². The second-order valence-corrected chi connectivity index (χ2v) is 9.71. The molecule has 1 aromatic heterocycles. The van der Waals surface area contributed by atoms with Gasteiger partial charge in [-0.3, -0.25) is 9.59 Å². The van der Waals surface area contributed by atoms with E-state index in [2.05, 4.69) is 10.6 Å². The fraction of sp³-hybridized carbons (Fsp3) is 0.333. The summed E-state index contributed by atoms with van der Waals surface area (Å²) in [6.45, 7) is 0. The first kappa shape index (κ1) is 25.4. The fourth-order valence-electron chi connectivity index (χ4n) is 5.33. The molecule has 0 bridgehead atoms. The lowest BCUT2D eigenvalue weighted by Gasteiger charge is -2.44. The number of carbonyl (C=O) groups excluding carboxylic acids is 2. The molecule has 0 unspecified atom stereocenters. The number of para-hydroxylation sites is 1. The molecule has 8 nitrogen and oxygen atoms in total. The number of methoxy groups -OCH3 is 2. The Morgan fingerprint density at radius 2 is 1.76 bits per heavy atom. The van der Waals surface area contributed by atoms with Crippen LogP contribution in [-0.4, -0.2) is 31.6 Å². The van der Waals surface area contributed by atoms with E-state index in [1.165, 1.54) is 33.0 Å². The summed E-state index contributed by atoms with van der Waals surface area (Å²) in [5.74, 6) is 1.29. The maximum absolute atomic E-state index is 13.7. The van der Waals surface area contributed by atoms with Gasteiger partial charge in [-0.1, -0.05) is 24.6 Å². The number of nitrogens with one attached hydrogen (secondary N) is 2. The molecule has 38 heavy (non-hydrogen) atoms. The van der Waals surface area contributed by atoms with Crippen molar-refractivity contribution in [3.8, 4) is 17.2 Å². The Morgan fingerprint density at radius 3 is 2.50 bits per heavy atom. The molecule has 2 heterocycles. The molecule has 8 heteroatoms. The fourth-order valence-corrected chi connectivity index (χ4v) is 5.33. The molecule has 198 valence electrons. The lowest BCUT2D eigenvalue weighted by atomic mass is 9.77. The number of amides is 2. The highest BCUT2D eigenvalue weighted by Gasteiger charge is 2.42. The molecular formula is C30H32N2O6. The van der Waals surface area contributed by atoms with Crippen molar-refractivity contribution >= 4 is 17.9 Å². The van der Waals surface area contributed by atoms with Crippen LogP contribution in [0.2, 0.25) is 0 Å². The van der Waals surface area contributed by atoms with Gasteiger partial charge >= 0.3 is 0 Å². The number of furan rings is 1.